The first-order chi connectivity index (χ1) is 19.0. The lowest BCUT2D eigenvalue weighted by Gasteiger charge is -2.39. The molecule has 4 unspecified atom stereocenters. The van der Waals surface area contributed by atoms with Crippen molar-refractivity contribution in [3.8, 4) is 0 Å². The first-order valence-corrected chi connectivity index (χ1v) is 13.0. The number of rotatable bonds is 4. The Morgan fingerprint density at radius 2 is 1.49 bits per heavy atom. The van der Waals surface area contributed by atoms with Gasteiger partial charge in [-0.05, 0) is 42.3 Å². The third kappa shape index (κ3) is 3.15. The summed E-state index contributed by atoms with van der Waals surface area (Å²) in [5, 5.41) is 3.07. The van der Waals surface area contributed by atoms with Gasteiger partial charge in [-0.25, -0.2) is 0 Å². The first kappa shape index (κ1) is 23.3. The summed E-state index contributed by atoms with van der Waals surface area (Å²) in [7, 11) is 0. The first-order valence-electron chi connectivity index (χ1n) is 13.0. The summed E-state index contributed by atoms with van der Waals surface area (Å²) < 4.78 is 0. The molecule has 190 valence electrons. The lowest BCUT2D eigenvalue weighted by Crippen LogP contribution is -2.51. The monoisotopic (exact) mass is 511 g/mol. The van der Waals surface area contributed by atoms with E-state index in [0.717, 1.165) is 22.4 Å². The molecule has 1 saturated heterocycles. The summed E-state index contributed by atoms with van der Waals surface area (Å²) in [5.41, 5.74) is 3.86. The Morgan fingerprint density at radius 1 is 0.821 bits per heavy atom. The van der Waals surface area contributed by atoms with E-state index in [1.54, 1.807) is 36.7 Å². The van der Waals surface area contributed by atoms with Crippen molar-refractivity contribution in [3.63, 3.8) is 0 Å². The van der Waals surface area contributed by atoms with Crippen molar-refractivity contribution in [2.75, 3.05) is 10.2 Å². The average molecular weight is 512 g/mol. The second-order valence-corrected chi connectivity index (χ2v) is 10.3. The van der Waals surface area contributed by atoms with Gasteiger partial charge in [0.1, 0.15) is 11.5 Å². The highest BCUT2D eigenvalue weighted by molar-refractivity contribution is 6.18. The van der Waals surface area contributed by atoms with E-state index in [0.29, 0.717) is 16.8 Å². The van der Waals surface area contributed by atoms with Crippen LogP contribution < -0.4 is 10.2 Å². The van der Waals surface area contributed by atoms with Gasteiger partial charge in [0.15, 0.2) is 11.6 Å². The molecule has 0 radical (unpaired) electrons. The van der Waals surface area contributed by atoms with Gasteiger partial charge in [-0.3, -0.25) is 19.4 Å². The molecule has 0 aliphatic carbocycles. The number of allylic oxidation sites excluding steroid dienone is 1. The minimum Gasteiger partial charge on any atom is -0.352 e. The summed E-state index contributed by atoms with van der Waals surface area (Å²) >= 11 is 0. The van der Waals surface area contributed by atoms with Gasteiger partial charge in [0.2, 0.25) is 5.91 Å². The third-order valence-electron chi connectivity index (χ3n) is 8.46. The van der Waals surface area contributed by atoms with Gasteiger partial charge in [0.05, 0.1) is 12.0 Å². The van der Waals surface area contributed by atoms with Crippen LogP contribution in [0.4, 0.5) is 11.4 Å². The van der Waals surface area contributed by atoms with Gasteiger partial charge in [-0.2, -0.15) is 0 Å². The molecule has 6 nitrogen and oxygen atoms in total. The highest BCUT2D eigenvalue weighted by Crippen LogP contribution is 2.58. The lowest BCUT2D eigenvalue weighted by molar-refractivity contribution is -0.121. The Labute approximate surface area is 226 Å². The van der Waals surface area contributed by atoms with Crippen LogP contribution in [0.3, 0.4) is 0 Å². The van der Waals surface area contributed by atoms with E-state index in [1.807, 2.05) is 78.6 Å². The number of carbonyl (C=O) groups excluding carboxylic acids is 3. The highest BCUT2D eigenvalue weighted by Gasteiger charge is 2.70. The Hall–Kier alpha value is -4.84. The summed E-state index contributed by atoms with van der Waals surface area (Å²) in [6.45, 7) is 2.02. The highest BCUT2D eigenvalue weighted by atomic mass is 16.2. The number of aromatic nitrogens is 1. The molecule has 0 bridgehead atoms. The minimum atomic E-state index is -1.32. The molecule has 4 aromatic rings. The van der Waals surface area contributed by atoms with E-state index in [4.69, 9.17) is 0 Å². The Kier molecular flexibility index (Phi) is 5.13. The quantitative estimate of drug-likeness (QED) is 0.375. The molecular weight excluding hydrogens is 486 g/mol. The predicted octanol–water partition coefficient (Wildman–Crippen LogP) is 5.33. The molecule has 0 saturated carbocycles. The standard InChI is InChI=1S/C33H25N3O3/c1-20-19-27-33(24-12-6-7-13-25(24)35-32(33)39)28(30(37)22-15-17-34-18-16-22)29(31(38)21-9-3-2-4-10-21)36(27)26-14-8-5-11-23(20)26/h2-19,27-29H,1H3,(H,35,39). The minimum absolute atomic E-state index is 0.190. The number of ketones is 2. The molecule has 6 heteroatoms. The number of amides is 1. The van der Waals surface area contributed by atoms with Crippen molar-refractivity contribution >= 4 is 34.4 Å². The van der Waals surface area contributed by atoms with Crippen LogP contribution in [-0.2, 0) is 10.2 Å². The summed E-state index contributed by atoms with van der Waals surface area (Å²) in [6.07, 6.45) is 5.20. The molecule has 1 spiro atoms. The summed E-state index contributed by atoms with van der Waals surface area (Å²) in [5.74, 6) is -1.70. The molecule has 39 heavy (non-hydrogen) atoms. The number of Topliss-reactive ketones (excluding diaryl/α,β-unsaturated/α-hetero) is 2. The number of fused-ring (bicyclic) bond motifs is 6. The van der Waals surface area contributed by atoms with E-state index in [2.05, 4.69) is 16.4 Å². The average Bonchev–Trinajstić information content (AvgIpc) is 3.45. The van der Waals surface area contributed by atoms with Crippen LogP contribution in [0.15, 0.2) is 109 Å². The maximum absolute atomic E-state index is 14.6. The van der Waals surface area contributed by atoms with Crippen LogP contribution >= 0.6 is 0 Å². The molecule has 1 aromatic heterocycles. The number of carbonyl (C=O) groups is 3. The zero-order valence-corrected chi connectivity index (χ0v) is 21.2. The van der Waals surface area contributed by atoms with Crippen LogP contribution in [-0.4, -0.2) is 34.5 Å². The smallest absolute Gasteiger partial charge is 0.238 e. The fourth-order valence-electron chi connectivity index (χ4n) is 6.86. The van der Waals surface area contributed by atoms with Gasteiger partial charge < -0.3 is 10.2 Å². The number of anilines is 2. The molecule has 4 heterocycles. The van der Waals surface area contributed by atoms with Crippen LogP contribution in [0.25, 0.3) is 5.57 Å². The number of nitrogens with one attached hydrogen (secondary N) is 1. The van der Waals surface area contributed by atoms with Gasteiger partial charge in [-0.15, -0.1) is 0 Å². The van der Waals surface area contributed by atoms with E-state index in [-0.39, 0.29) is 17.5 Å². The van der Waals surface area contributed by atoms with Crippen LogP contribution in [0.2, 0.25) is 0 Å². The van der Waals surface area contributed by atoms with E-state index < -0.39 is 23.4 Å². The van der Waals surface area contributed by atoms with Gasteiger partial charge in [-0.1, -0.05) is 72.8 Å². The summed E-state index contributed by atoms with van der Waals surface area (Å²) in [4.78, 5) is 49.6. The number of pyridine rings is 1. The molecule has 4 atom stereocenters. The number of hydrogen-bond donors (Lipinski definition) is 1. The number of para-hydroxylation sites is 2. The third-order valence-corrected chi connectivity index (χ3v) is 8.46. The van der Waals surface area contributed by atoms with E-state index in [1.165, 1.54) is 0 Å². The Morgan fingerprint density at radius 3 is 2.28 bits per heavy atom. The van der Waals surface area contributed by atoms with Crippen LogP contribution in [0.5, 0.6) is 0 Å². The molecule has 7 rings (SSSR count). The zero-order valence-electron chi connectivity index (χ0n) is 21.2. The van der Waals surface area contributed by atoms with Gasteiger partial charge >= 0.3 is 0 Å². The van der Waals surface area contributed by atoms with Crippen molar-refractivity contribution in [2.45, 2.75) is 24.4 Å². The lowest BCUT2D eigenvalue weighted by atomic mass is 9.64. The predicted molar refractivity (Wildman–Crippen MR) is 150 cm³/mol. The molecular formula is C33H25N3O3. The van der Waals surface area contributed by atoms with Crippen molar-refractivity contribution < 1.29 is 14.4 Å². The molecule has 3 aliphatic rings. The number of benzene rings is 3. The molecule has 3 aromatic carbocycles. The van der Waals surface area contributed by atoms with E-state index >= 15 is 0 Å². The Balaban J connectivity index is 1.57. The van der Waals surface area contributed by atoms with E-state index in [9.17, 15) is 14.4 Å². The maximum atomic E-state index is 14.6. The van der Waals surface area contributed by atoms with Gasteiger partial charge in [0, 0.05) is 40.5 Å². The molecule has 3 aliphatic heterocycles. The SMILES string of the molecule is CC1=CC2N(c3ccccc31)C(C(=O)c1ccccc1)C(C(=O)c1ccncc1)C21C(=O)Nc2ccccc21. The van der Waals surface area contributed by atoms with Crippen molar-refractivity contribution in [1.82, 2.24) is 4.98 Å². The largest absolute Gasteiger partial charge is 0.352 e. The normalized spacial score (nSPS) is 24.4. The van der Waals surface area contributed by atoms with Gasteiger partial charge in [0.25, 0.3) is 0 Å². The second-order valence-electron chi connectivity index (χ2n) is 10.3. The number of nitrogens with zero attached hydrogens (tertiary/aromatic N) is 2. The topological polar surface area (TPSA) is 79.4 Å². The fraction of sp³-hybridized carbons (Fsp3) is 0.152. The summed E-state index contributed by atoms with van der Waals surface area (Å²) in [6, 6.07) is 26.3. The molecule has 1 amide bonds. The molecule has 1 N–H and O–H groups in total. The van der Waals surface area contributed by atoms with Crippen molar-refractivity contribution in [2.24, 2.45) is 5.92 Å². The fourth-order valence-corrected chi connectivity index (χ4v) is 6.86. The van der Waals surface area contributed by atoms with Crippen LogP contribution in [0, 0.1) is 5.92 Å². The Bertz CT molecular complexity index is 1680. The van der Waals surface area contributed by atoms with Crippen molar-refractivity contribution in [1.29, 1.82) is 0 Å². The maximum Gasteiger partial charge on any atom is 0.238 e. The number of hydrogen-bond acceptors (Lipinski definition) is 5. The molecule has 1 fully saturated rings. The second kappa shape index (κ2) is 8.60. The van der Waals surface area contributed by atoms with Crippen LogP contribution in [0.1, 0.15) is 38.8 Å². The zero-order chi connectivity index (χ0) is 26.7. The van der Waals surface area contributed by atoms with Crippen molar-refractivity contribution in [3.05, 3.63) is 132 Å².